The number of fused-ring (bicyclic) bond motifs is 3. The Hall–Kier alpha value is -3.00. The minimum Gasteiger partial charge on any atom is -0.506 e. The number of amides is 1. The molecule has 1 amide bonds. The number of aromatic hydroxyl groups is 1. The van der Waals surface area contributed by atoms with Crippen LogP contribution in [0.1, 0.15) is 35.3 Å². The fourth-order valence-electron chi connectivity index (χ4n) is 3.92. The maximum absolute atomic E-state index is 12.4. The molecule has 1 aliphatic carbocycles. The molecule has 0 fully saturated rings. The quantitative estimate of drug-likeness (QED) is 0.395. The molecule has 0 unspecified atom stereocenters. The van der Waals surface area contributed by atoms with Crippen molar-refractivity contribution in [3.63, 3.8) is 0 Å². The summed E-state index contributed by atoms with van der Waals surface area (Å²) in [7, 11) is 3.11. The van der Waals surface area contributed by atoms with E-state index < -0.39 is 0 Å². The molecule has 0 saturated carbocycles. The molecule has 2 aromatic carbocycles. The zero-order valence-corrected chi connectivity index (χ0v) is 18.9. The van der Waals surface area contributed by atoms with Gasteiger partial charge in [-0.1, -0.05) is 6.07 Å². The number of nitrogens with one attached hydrogen (secondary N) is 1. The van der Waals surface area contributed by atoms with Gasteiger partial charge in [0.15, 0.2) is 11.5 Å². The number of hydrazone groups is 1. The lowest BCUT2D eigenvalue weighted by Crippen LogP contribution is -2.19. The van der Waals surface area contributed by atoms with E-state index in [-0.39, 0.29) is 18.1 Å². The average molecular weight is 487 g/mol. The Bertz CT molecular complexity index is 1170. The first kappa shape index (κ1) is 21.2. The summed E-state index contributed by atoms with van der Waals surface area (Å²) in [6.07, 6.45) is 5.56. The van der Waals surface area contributed by atoms with Gasteiger partial charge in [0.05, 0.1) is 31.3 Å². The molecule has 0 aliphatic heterocycles. The summed E-state index contributed by atoms with van der Waals surface area (Å²) < 4.78 is 17.0. The van der Waals surface area contributed by atoms with Crippen LogP contribution in [0.15, 0.2) is 38.3 Å². The number of hydrogen-bond donors (Lipinski definition) is 2. The Morgan fingerprint density at radius 2 is 2.00 bits per heavy atom. The van der Waals surface area contributed by atoms with Crippen molar-refractivity contribution < 1.29 is 23.8 Å². The minimum atomic E-state index is -0.288. The zero-order chi connectivity index (χ0) is 22.0. The average Bonchev–Trinajstić information content (AvgIpc) is 3.14. The topological polar surface area (TPSA) is 93.3 Å². The van der Waals surface area contributed by atoms with Gasteiger partial charge in [-0.25, -0.2) is 5.43 Å². The first-order chi connectivity index (χ1) is 15.0. The van der Waals surface area contributed by atoms with E-state index in [1.807, 2.05) is 0 Å². The van der Waals surface area contributed by atoms with E-state index in [0.29, 0.717) is 27.1 Å². The van der Waals surface area contributed by atoms with Crippen molar-refractivity contribution in [1.82, 2.24) is 5.43 Å². The monoisotopic (exact) mass is 486 g/mol. The third-order valence-corrected chi connectivity index (χ3v) is 6.01. The number of carbonyl (C=O) groups is 1. The third kappa shape index (κ3) is 4.25. The van der Waals surface area contributed by atoms with Crippen LogP contribution in [0.4, 0.5) is 0 Å². The van der Waals surface area contributed by atoms with E-state index in [0.717, 1.165) is 48.0 Å². The minimum absolute atomic E-state index is 0.0690. The van der Waals surface area contributed by atoms with Gasteiger partial charge in [-0.2, -0.15) is 5.10 Å². The van der Waals surface area contributed by atoms with Crippen LogP contribution in [0.5, 0.6) is 17.2 Å². The second-order valence-electron chi connectivity index (χ2n) is 7.36. The first-order valence-electron chi connectivity index (χ1n) is 10.00. The van der Waals surface area contributed by atoms with Crippen LogP contribution in [-0.4, -0.2) is 31.4 Å². The highest BCUT2D eigenvalue weighted by Crippen LogP contribution is 2.40. The number of methoxy groups -OCH3 is 2. The molecule has 0 saturated heterocycles. The predicted molar refractivity (Wildman–Crippen MR) is 121 cm³/mol. The Morgan fingerprint density at radius 3 is 2.77 bits per heavy atom. The molecule has 162 valence electrons. The van der Waals surface area contributed by atoms with Gasteiger partial charge < -0.3 is 19.0 Å². The van der Waals surface area contributed by atoms with Crippen LogP contribution in [0, 0.1) is 0 Å². The summed E-state index contributed by atoms with van der Waals surface area (Å²) in [5, 5.41) is 15.6. The molecular formula is C23H23BrN2O5. The van der Waals surface area contributed by atoms with Crippen molar-refractivity contribution in [2.45, 2.75) is 32.1 Å². The fraction of sp³-hybridized carbons (Fsp3) is 0.304. The highest BCUT2D eigenvalue weighted by Gasteiger charge is 2.22. The van der Waals surface area contributed by atoms with Crippen LogP contribution in [0.25, 0.3) is 11.0 Å². The van der Waals surface area contributed by atoms with Crippen LogP contribution in [0.2, 0.25) is 0 Å². The number of phenolic OH excluding ortho intramolecular Hbond substituents is 1. The molecule has 2 N–H and O–H groups in total. The molecule has 1 heterocycles. The van der Waals surface area contributed by atoms with E-state index >= 15 is 0 Å². The summed E-state index contributed by atoms with van der Waals surface area (Å²) in [6, 6.07) is 7.08. The van der Waals surface area contributed by atoms with E-state index in [1.165, 1.54) is 6.21 Å². The van der Waals surface area contributed by atoms with Gasteiger partial charge >= 0.3 is 0 Å². The highest BCUT2D eigenvalue weighted by atomic mass is 79.9. The number of hydrogen-bond acceptors (Lipinski definition) is 6. The van der Waals surface area contributed by atoms with E-state index in [4.69, 9.17) is 13.9 Å². The van der Waals surface area contributed by atoms with Crippen LogP contribution in [0.3, 0.4) is 0 Å². The molecule has 4 rings (SSSR count). The standard InChI is InChI=1S/C23H23BrN2O5/c1-29-18-8-7-13(9-19(18)30-2)10-21(27)26-25-12-15-22-14-5-3-4-6-17(14)31-20(22)11-16(24)23(15)28/h7-9,11-12,28H,3-6,10H2,1-2H3,(H,26,27)/b25-12+. The molecule has 3 aromatic rings. The summed E-state index contributed by atoms with van der Waals surface area (Å²) in [6.45, 7) is 0. The van der Waals surface area contributed by atoms with Crippen LogP contribution >= 0.6 is 15.9 Å². The van der Waals surface area contributed by atoms with E-state index in [9.17, 15) is 9.90 Å². The number of benzene rings is 2. The Balaban J connectivity index is 1.54. The van der Waals surface area contributed by atoms with Crippen LogP contribution in [-0.2, 0) is 24.1 Å². The van der Waals surface area contributed by atoms with Crippen molar-refractivity contribution in [2.75, 3.05) is 14.2 Å². The number of aryl methyl sites for hydroxylation is 2. The molecule has 0 atom stereocenters. The molecule has 7 nitrogen and oxygen atoms in total. The smallest absolute Gasteiger partial charge is 0.244 e. The Morgan fingerprint density at radius 1 is 1.23 bits per heavy atom. The SMILES string of the molecule is COc1ccc(CC(=O)N/N=C/c2c(O)c(Br)cc3oc4c(c23)CCCC4)cc1OC. The second kappa shape index (κ2) is 9.01. The molecule has 1 aromatic heterocycles. The lowest BCUT2D eigenvalue weighted by Gasteiger charge is -2.10. The third-order valence-electron chi connectivity index (χ3n) is 5.40. The number of rotatable bonds is 6. The molecule has 8 heteroatoms. The second-order valence-corrected chi connectivity index (χ2v) is 8.22. The largest absolute Gasteiger partial charge is 0.506 e. The van der Waals surface area contributed by atoms with Crippen LogP contribution < -0.4 is 14.9 Å². The van der Waals surface area contributed by atoms with Crippen molar-refractivity contribution in [1.29, 1.82) is 0 Å². The number of ether oxygens (including phenoxy) is 2. The number of phenols is 1. The molecule has 0 bridgehead atoms. The summed E-state index contributed by atoms with van der Waals surface area (Å²) in [5.41, 5.74) is 5.64. The fourth-order valence-corrected chi connectivity index (χ4v) is 4.35. The number of carbonyl (C=O) groups excluding carboxylic acids is 1. The van der Waals surface area contributed by atoms with Gasteiger partial charge in [0.2, 0.25) is 5.91 Å². The number of furan rings is 1. The predicted octanol–water partition coefficient (Wildman–Crippen LogP) is 4.49. The number of halogens is 1. The Kier molecular flexibility index (Phi) is 6.18. The normalized spacial score (nSPS) is 13.4. The maximum atomic E-state index is 12.4. The Labute approximate surface area is 188 Å². The summed E-state index contributed by atoms with van der Waals surface area (Å²) >= 11 is 3.37. The van der Waals surface area contributed by atoms with Gasteiger partial charge in [0, 0.05) is 22.9 Å². The highest BCUT2D eigenvalue weighted by molar-refractivity contribution is 9.10. The van der Waals surface area contributed by atoms with Gasteiger partial charge in [0.25, 0.3) is 0 Å². The van der Waals surface area contributed by atoms with Crippen molar-refractivity contribution >= 4 is 39.0 Å². The molecular weight excluding hydrogens is 464 g/mol. The van der Waals surface area contributed by atoms with E-state index in [2.05, 4.69) is 26.5 Å². The van der Waals surface area contributed by atoms with Gasteiger partial charge in [0.1, 0.15) is 17.1 Å². The van der Waals surface area contributed by atoms with Crippen molar-refractivity contribution in [3.8, 4) is 17.2 Å². The van der Waals surface area contributed by atoms with Gasteiger partial charge in [-0.15, -0.1) is 0 Å². The maximum Gasteiger partial charge on any atom is 0.244 e. The van der Waals surface area contributed by atoms with Crippen molar-refractivity contribution in [3.05, 3.63) is 51.2 Å². The zero-order valence-electron chi connectivity index (χ0n) is 17.3. The summed E-state index contributed by atoms with van der Waals surface area (Å²) in [5.74, 6) is 1.90. The lowest BCUT2D eigenvalue weighted by molar-refractivity contribution is -0.120. The molecule has 31 heavy (non-hydrogen) atoms. The van der Waals surface area contributed by atoms with Gasteiger partial charge in [-0.3, -0.25) is 4.79 Å². The molecule has 1 aliphatic rings. The van der Waals surface area contributed by atoms with Crippen molar-refractivity contribution in [2.24, 2.45) is 5.10 Å². The molecule has 0 spiro atoms. The summed E-state index contributed by atoms with van der Waals surface area (Å²) in [4.78, 5) is 12.4. The van der Waals surface area contributed by atoms with Gasteiger partial charge in [-0.05, 0) is 59.0 Å². The number of nitrogens with zero attached hydrogens (tertiary/aromatic N) is 1. The van der Waals surface area contributed by atoms with E-state index in [1.54, 1.807) is 38.5 Å². The first-order valence-corrected chi connectivity index (χ1v) is 10.8. The lowest BCUT2D eigenvalue weighted by atomic mass is 9.94. The molecule has 0 radical (unpaired) electrons.